The Balaban J connectivity index is 1.58. The van der Waals surface area contributed by atoms with Crippen molar-refractivity contribution >= 4 is 27.5 Å². The summed E-state index contributed by atoms with van der Waals surface area (Å²) in [4.78, 5) is 23.0. The van der Waals surface area contributed by atoms with Gasteiger partial charge in [-0.15, -0.1) is 0 Å². The number of nitrogens with zero attached hydrogens (tertiary/aromatic N) is 4. The van der Waals surface area contributed by atoms with Gasteiger partial charge in [-0.2, -0.15) is 4.31 Å². The van der Waals surface area contributed by atoms with Crippen molar-refractivity contribution in [3.05, 3.63) is 53.1 Å². The zero-order valence-electron chi connectivity index (χ0n) is 13.9. The van der Waals surface area contributed by atoms with Crippen LogP contribution in [0.4, 0.5) is 0 Å². The Bertz CT molecular complexity index is 941. The van der Waals surface area contributed by atoms with E-state index < -0.39 is 16.1 Å². The molecule has 2 aromatic rings. The van der Waals surface area contributed by atoms with E-state index in [4.69, 9.17) is 11.6 Å². The highest BCUT2D eigenvalue weighted by atomic mass is 35.5. The van der Waals surface area contributed by atoms with E-state index in [1.54, 1.807) is 23.2 Å². The molecular formula is C17H17ClN4O3S. The summed E-state index contributed by atoms with van der Waals surface area (Å²) in [5.74, 6) is -0.189. The molecule has 26 heavy (non-hydrogen) atoms. The predicted octanol–water partition coefficient (Wildman–Crippen LogP) is 1.83. The van der Waals surface area contributed by atoms with Crippen molar-refractivity contribution in [3.63, 3.8) is 0 Å². The smallest absolute Gasteiger partial charge is 0.243 e. The Labute approximate surface area is 156 Å². The van der Waals surface area contributed by atoms with E-state index >= 15 is 0 Å². The van der Waals surface area contributed by atoms with Gasteiger partial charge in [0.15, 0.2) is 0 Å². The van der Waals surface area contributed by atoms with Crippen LogP contribution < -0.4 is 0 Å². The number of carbonyl (C=O) groups excluding carboxylic acids is 1. The van der Waals surface area contributed by atoms with E-state index in [-0.39, 0.29) is 10.8 Å². The van der Waals surface area contributed by atoms with Crippen molar-refractivity contribution in [2.45, 2.75) is 36.9 Å². The predicted molar refractivity (Wildman–Crippen MR) is 94.7 cm³/mol. The fourth-order valence-electron chi connectivity index (χ4n) is 3.50. The van der Waals surface area contributed by atoms with Crippen LogP contribution in [0.3, 0.4) is 0 Å². The quantitative estimate of drug-likeness (QED) is 0.795. The number of fused-ring (bicyclic) bond motifs is 1. The lowest BCUT2D eigenvalue weighted by Gasteiger charge is -2.27. The number of amides is 1. The Kier molecular flexibility index (Phi) is 4.42. The molecule has 0 N–H and O–H groups in total. The van der Waals surface area contributed by atoms with Crippen LogP contribution in [0.2, 0.25) is 5.02 Å². The van der Waals surface area contributed by atoms with Gasteiger partial charge < -0.3 is 4.90 Å². The van der Waals surface area contributed by atoms with Gasteiger partial charge in [0.1, 0.15) is 12.4 Å². The Morgan fingerprint density at radius 1 is 1.27 bits per heavy atom. The topological polar surface area (TPSA) is 83.5 Å². The summed E-state index contributed by atoms with van der Waals surface area (Å²) < 4.78 is 27.3. The second-order valence-corrected chi connectivity index (χ2v) is 8.75. The van der Waals surface area contributed by atoms with Gasteiger partial charge in [0.2, 0.25) is 15.9 Å². The van der Waals surface area contributed by atoms with E-state index in [9.17, 15) is 13.2 Å². The van der Waals surface area contributed by atoms with Crippen LogP contribution in [0.15, 0.2) is 41.7 Å². The van der Waals surface area contributed by atoms with Gasteiger partial charge in [0, 0.05) is 29.9 Å². The molecule has 0 spiro atoms. The minimum Gasteiger partial charge on any atom is -0.331 e. The lowest BCUT2D eigenvalue weighted by Crippen LogP contribution is -2.46. The maximum atomic E-state index is 13.0. The molecular weight excluding hydrogens is 376 g/mol. The number of hydrogen-bond acceptors (Lipinski definition) is 5. The molecule has 4 rings (SSSR count). The average molecular weight is 393 g/mol. The van der Waals surface area contributed by atoms with E-state index in [1.165, 1.54) is 22.8 Å². The lowest BCUT2D eigenvalue weighted by molar-refractivity contribution is -0.135. The second kappa shape index (κ2) is 6.61. The largest absolute Gasteiger partial charge is 0.331 e. The number of hydrogen-bond donors (Lipinski definition) is 0. The third kappa shape index (κ3) is 2.98. The summed E-state index contributed by atoms with van der Waals surface area (Å²) in [6.45, 7) is 1.13. The number of benzene rings is 1. The highest BCUT2D eigenvalue weighted by Crippen LogP contribution is 2.30. The van der Waals surface area contributed by atoms with Gasteiger partial charge in [-0.05, 0) is 31.0 Å². The van der Waals surface area contributed by atoms with Gasteiger partial charge in [-0.25, -0.2) is 18.4 Å². The summed E-state index contributed by atoms with van der Waals surface area (Å²) in [5, 5.41) is 0.349. The van der Waals surface area contributed by atoms with Crippen molar-refractivity contribution in [2.24, 2.45) is 0 Å². The molecule has 1 fully saturated rings. The number of carbonyl (C=O) groups is 1. The first-order valence-electron chi connectivity index (χ1n) is 8.31. The first kappa shape index (κ1) is 17.4. The number of halogens is 1. The summed E-state index contributed by atoms with van der Waals surface area (Å²) in [6.07, 6.45) is 4.32. The van der Waals surface area contributed by atoms with Gasteiger partial charge in [0.05, 0.1) is 17.1 Å². The molecule has 1 amide bonds. The normalized spacial score (nSPS) is 20.3. The summed E-state index contributed by atoms with van der Waals surface area (Å²) >= 11 is 5.94. The molecule has 1 unspecified atom stereocenters. The van der Waals surface area contributed by atoms with E-state index in [2.05, 4.69) is 9.97 Å². The van der Waals surface area contributed by atoms with Gasteiger partial charge >= 0.3 is 0 Å². The van der Waals surface area contributed by atoms with Crippen molar-refractivity contribution in [1.29, 1.82) is 0 Å². The molecule has 0 radical (unpaired) electrons. The zero-order chi connectivity index (χ0) is 18.3. The molecule has 1 aromatic carbocycles. The zero-order valence-corrected chi connectivity index (χ0v) is 15.4. The van der Waals surface area contributed by atoms with Crippen LogP contribution in [-0.4, -0.2) is 46.1 Å². The Hall–Kier alpha value is -2.03. The molecule has 0 bridgehead atoms. The minimum absolute atomic E-state index is 0.111. The molecule has 7 nitrogen and oxygen atoms in total. The van der Waals surface area contributed by atoms with Crippen LogP contribution in [0.5, 0.6) is 0 Å². The Morgan fingerprint density at radius 2 is 2.12 bits per heavy atom. The fourth-order valence-corrected chi connectivity index (χ4v) is 5.46. The third-order valence-electron chi connectivity index (χ3n) is 4.79. The van der Waals surface area contributed by atoms with Crippen LogP contribution in [0.1, 0.15) is 24.1 Å². The number of aromatic nitrogens is 2. The van der Waals surface area contributed by atoms with Crippen LogP contribution in [-0.2, 0) is 27.9 Å². The molecule has 1 aromatic heterocycles. The van der Waals surface area contributed by atoms with E-state index in [1.807, 2.05) is 0 Å². The van der Waals surface area contributed by atoms with Crippen molar-refractivity contribution in [3.8, 4) is 0 Å². The summed E-state index contributed by atoms with van der Waals surface area (Å²) in [7, 11) is -3.78. The monoisotopic (exact) mass is 392 g/mol. The summed E-state index contributed by atoms with van der Waals surface area (Å²) in [5.41, 5.74) is 1.72. The van der Waals surface area contributed by atoms with Gasteiger partial charge in [-0.3, -0.25) is 4.79 Å². The maximum Gasteiger partial charge on any atom is 0.243 e. The molecule has 0 saturated carbocycles. The Morgan fingerprint density at radius 3 is 2.88 bits per heavy atom. The average Bonchev–Trinajstić information content (AvgIpc) is 3.28. The third-order valence-corrected chi connectivity index (χ3v) is 6.93. The number of sulfonamides is 1. The molecule has 3 heterocycles. The van der Waals surface area contributed by atoms with Crippen LogP contribution in [0.25, 0.3) is 0 Å². The van der Waals surface area contributed by atoms with Crippen molar-refractivity contribution in [2.75, 3.05) is 6.54 Å². The fraction of sp³-hybridized carbons (Fsp3) is 0.353. The van der Waals surface area contributed by atoms with Crippen LogP contribution in [0, 0.1) is 0 Å². The standard InChI is InChI=1S/C17H17ClN4O3S/c18-13-3-1-4-14(7-13)26(24,25)22-6-2-5-16(22)17(23)21-9-12-8-19-11-20-15(12)10-21/h1,3-4,7-8,11,16H,2,5-6,9-10H2. The SMILES string of the molecule is O=C(C1CCCN1S(=O)(=O)c1cccc(Cl)c1)N1Cc2cncnc2C1. The van der Waals surface area contributed by atoms with Gasteiger partial charge in [0.25, 0.3) is 0 Å². The summed E-state index contributed by atoms with van der Waals surface area (Å²) in [6, 6.07) is 5.44. The molecule has 2 aliphatic heterocycles. The molecule has 9 heteroatoms. The minimum atomic E-state index is -3.78. The number of rotatable bonds is 3. The molecule has 0 aliphatic carbocycles. The van der Waals surface area contributed by atoms with E-state index in [0.717, 1.165) is 11.3 Å². The first-order chi connectivity index (χ1) is 12.5. The molecule has 2 aliphatic rings. The molecule has 1 saturated heterocycles. The van der Waals surface area contributed by atoms with Crippen LogP contribution >= 0.6 is 11.6 Å². The maximum absolute atomic E-state index is 13.0. The first-order valence-corrected chi connectivity index (χ1v) is 10.1. The molecule has 136 valence electrons. The van der Waals surface area contributed by atoms with Gasteiger partial charge in [-0.1, -0.05) is 17.7 Å². The lowest BCUT2D eigenvalue weighted by atomic mass is 10.2. The van der Waals surface area contributed by atoms with Crippen molar-refractivity contribution in [1.82, 2.24) is 19.2 Å². The second-order valence-electron chi connectivity index (χ2n) is 6.42. The highest BCUT2D eigenvalue weighted by molar-refractivity contribution is 7.89. The highest BCUT2D eigenvalue weighted by Gasteiger charge is 2.42. The van der Waals surface area contributed by atoms with Crippen molar-refractivity contribution < 1.29 is 13.2 Å². The van der Waals surface area contributed by atoms with E-state index in [0.29, 0.717) is 37.5 Å². The molecule has 1 atom stereocenters.